The quantitative estimate of drug-likeness (QED) is 0.657. The lowest BCUT2D eigenvalue weighted by molar-refractivity contribution is 0.102. The average Bonchev–Trinajstić information content (AvgIpc) is 2.74. The van der Waals surface area contributed by atoms with Crippen LogP contribution in [0.2, 0.25) is 0 Å². The number of hydrogen-bond donors (Lipinski definition) is 2. The summed E-state index contributed by atoms with van der Waals surface area (Å²) in [5.41, 5.74) is 2.68. The van der Waals surface area contributed by atoms with Crippen LogP contribution >= 0.6 is 0 Å². The molecule has 0 radical (unpaired) electrons. The summed E-state index contributed by atoms with van der Waals surface area (Å²) in [6.07, 6.45) is 2.35. The predicted molar refractivity (Wildman–Crippen MR) is 109 cm³/mol. The van der Waals surface area contributed by atoms with Crippen LogP contribution in [-0.2, 0) is 6.42 Å². The van der Waals surface area contributed by atoms with Gasteiger partial charge in [-0.25, -0.2) is 4.98 Å². The minimum absolute atomic E-state index is 0.273. The summed E-state index contributed by atoms with van der Waals surface area (Å²) in [7, 11) is 1.65. The monoisotopic (exact) mass is 372 g/mol. The Hall–Kier alpha value is -3.85. The van der Waals surface area contributed by atoms with Crippen molar-refractivity contribution in [3.63, 3.8) is 0 Å². The molecule has 0 atom stereocenters. The van der Waals surface area contributed by atoms with E-state index in [0.29, 0.717) is 29.2 Å². The van der Waals surface area contributed by atoms with E-state index in [1.165, 1.54) is 11.8 Å². The van der Waals surface area contributed by atoms with Crippen LogP contribution in [-0.4, -0.2) is 24.5 Å². The number of benzene rings is 2. The third-order valence-electron chi connectivity index (χ3n) is 4.13. The van der Waals surface area contributed by atoms with Crippen LogP contribution in [0.3, 0.4) is 0 Å². The summed E-state index contributed by atoms with van der Waals surface area (Å²) in [6.45, 7) is 0.715. The van der Waals surface area contributed by atoms with Crippen molar-refractivity contribution in [3.8, 4) is 11.8 Å². The molecule has 140 valence electrons. The summed E-state index contributed by atoms with van der Waals surface area (Å²) in [5, 5.41) is 14.9. The van der Waals surface area contributed by atoms with Gasteiger partial charge < -0.3 is 15.4 Å². The molecule has 0 unspecified atom stereocenters. The highest BCUT2D eigenvalue weighted by Gasteiger charge is 2.07. The van der Waals surface area contributed by atoms with Crippen molar-refractivity contribution in [1.29, 1.82) is 5.26 Å². The lowest BCUT2D eigenvalue weighted by Gasteiger charge is -2.08. The minimum Gasteiger partial charge on any atom is -0.497 e. The molecule has 0 aliphatic rings. The lowest BCUT2D eigenvalue weighted by Crippen LogP contribution is -2.13. The van der Waals surface area contributed by atoms with E-state index in [1.807, 2.05) is 30.3 Å². The van der Waals surface area contributed by atoms with Gasteiger partial charge in [0.2, 0.25) is 0 Å². The molecule has 2 N–H and O–H groups in total. The standard InChI is InChI=1S/C22H20N4O2/c1-28-20-7-3-4-16(13-20)10-11-24-21-9-8-18(15-25-21)22(27)26-19-6-2-5-17(12-19)14-23/h2-9,12-13,15H,10-11H2,1H3,(H,24,25)(H,26,27). The molecule has 0 aliphatic carbocycles. The van der Waals surface area contributed by atoms with Crippen LogP contribution in [0, 0.1) is 11.3 Å². The first-order valence-corrected chi connectivity index (χ1v) is 8.82. The zero-order chi connectivity index (χ0) is 19.8. The first-order valence-electron chi connectivity index (χ1n) is 8.82. The van der Waals surface area contributed by atoms with Crippen molar-refractivity contribution in [2.75, 3.05) is 24.3 Å². The van der Waals surface area contributed by atoms with Crippen molar-refractivity contribution in [2.45, 2.75) is 6.42 Å². The highest BCUT2D eigenvalue weighted by atomic mass is 16.5. The molecule has 6 nitrogen and oxygen atoms in total. The van der Waals surface area contributed by atoms with Crippen LogP contribution in [0.15, 0.2) is 66.9 Å². The van der Waals surface area contributed by atoms with Crippen molar-refractivity contribution in [1.82, 2.24) is 4.98 Å². The topological polar surface area (TPSA) is 87.0 Å². The maximum Gasteiger partial charge on any atom is 0.257 e. The third kappa shape index (κ3) is 5.08. The summed E-state index contributed by atoms with van der Waals surface area (Å²) < 4.78 is 5.22. The number of methoxy groups -OCH3 is 1. The maximum atomic E-state index is 12.3. The minimum atomic E-state index is -0.273. The smallest absolute Gasteiger partial charge is 0.257 e. The fraction of sp³-hybridized carbons (Fsp3) is 0.136. The van der Waals surface area contributed by atoms with Gasteiger partial charge in [-0.2, -0.15) is 5.26 Å². The molecule has 0 saturated heterocycles. The maximum absolute atomic E-state index is 12.3. The van der Waals surface area contributed by atoms with Gasteiger partial charge in [0.25, 0.3) is 5.91 Å². The third-order valence-corrected chi connectivity index (χ3v) is 4.13. The second-order valence-corrected chi connectivity index (χ2v) is 6.11. The van der Waals surface area contributed by atoms with Gasteiger partial charge in [-0.1, -0.05) is 18.2 Å². The van der Waals surface area contributed by atoms with E-state index >= 15 is 0 Å². The largest absolute Gasteiger partial charge is 0.497 e. The molecule has 0 fully saturated rings. The van der Waals surface area contributed by atoms with Gasteiger partial charge in [-0.3, -0.25) is 4.79 Å². The number of carbonyl (C=O) groups excluding carboxylic acids is 1. The second-order valence-electron chi connectivity index (χ2n) is 6.11. The van der Waals surface area contributed by atoms with E-state index in [0.717, 1.165) is 12.2 Å². The first kappa shape index (κ1) is 18.9. The fourth-order valence-corrected chi connectivity index (χ4v) is 2.67. The Labute approximate surface area is 163 Å². The number of nitrogens with zero attached hydrogens (tertiary/aromatic N) is 2. The molecule has 3 aromatic rings. The number of hydrogen-bond acceptors (Lipinski definition) is 5. The zero-order valence-electron chi connectivity index (χ0n) is 15.5. The van der Waals surface area contributed by atoms with Crippen LogP contribution < -0.4 is 15.4 Å². The zero-order valence-corrected chi connectivity index (χ0v) is 15.5. The molecular weight excluding hydrogens is 352 g/mol. The summed E-state index contributed by atoms with van der Waals surface area (Å²) >= 11 is 0. The number of rotatable bonds is 7. The number of nitriles is 1. The van der Waals surface area contributed by atoms with Crippen molar-refractivity contribution >= 4 is 17.4 Å². The lowest BCUT2D eigenvalue weighted by atomic mass is 10.1. The van der Waals surface area contributed by atoms with Crippen molar-refractivity contribution in [3.05, 3.63) is 83.6 Å². The van der Waals surface area contributed by atoms with Crippen molar-refractivity contribution in [2.24, 2.45) is 0 Å². The molecule has 1 aromatic heterocycles. The Balaban J connectivity index is 1.54. The predicted octanol–water partition coefficient (Wildman–Crippen LogP) is 3.87. The molecule has 0 saturated carbocycles. The molecule has 0 bridgehead atoms. The summed E-state index contributed by atoms with van der Waals surface area (Å²) in [5.74, 6) is 1.27. The average molecular weight is 372 g/mol. The molecular formula is C22H20N4O2. The van der Waals surface area contributed by atoms with E-state index in [1.54, 1.807) is 43.5 Å². The Morgan fingerprint density at radius 2 is 2.00 bits per heavy atom. The highest BCUT2D eigenvalue weighted by Crippen LogP contribution is 2.14. The van der Waals surface area contributed by atoms with Gasteiger partial charge in [-0.15, -0.1) is 0 Å². The molecule has 28 heavy (non-hydrogen) atoms. The molecule has 1 heterocycles. The molecule has 0 spiro atoms. The SMILES string of the molecule is COc1cccc(CCNc2ccc(C(=O)Nc3cccc(C#N)c3)cn2)c1. The second kappa shape index (κ2) is 9.19. The van der Waals surface area contributed by atoms with Crippen molar-refractivity contribution < 1.29 is 9.53 Å². The molecule has 0 aliphatic heterocycles. The number of carbonyl (C=O) groups is 1. The number of aromatic nitrogens is 1. The van der Waals surface area contributed by atoms with E-state index in [4.69, 9.17) is 10.00 Å². The number of pyridine rings is 1. The molecule has 3 rings (SSSR count). The van der Waals surface area contributed by atoms with Crippen LogP contribution in [0.4, 0.5) is 11.5 Å². The van der Waals surface area contributed by atoms with Crippen LogP contribution in [0.1, 0.15) is 21.5 Å². The van der Waals surface area contributed by atoms with E-state index < -0.39 is 0 Å². The Kier molecular flexibility index (Phi) is 6.21. The van der Waals surface area contributed by atoms with E-state index in [2.05, 4.69) is 15.6 Å². The van der Waals surface area contributed by atoms with Gasteiger partial charge in [0.1, 0.15) is 11.6 Å². The molecule has 1 amide bonds. The van der Waals surface area contributed by atoms with Crippen LogP contribution in [0.25, 0.3) is 0 Å². The van der Waals surface area contributed by atoms with Gasteiger partial charge in [0, 0.05) is 18.4 Å². The molecule has 2 aromatic carbocycles. The highest BCUT2D eigenvalue weighted by molar-refractivity contribution is 6.04. The van der Waals surface area contributed by atoms with Gasteiger partial charge >= 0.3 is 0 Å². The number of anilines is 2. The van der Waals surface area contributed by atoms with Crippen LogP contribution in [0.5, 0.6) is 5.75 Å². The number of amides is 1. The summed E-state index contributed by atoms with van der Waals surface area (Å²) in [4.78, 5) is 16.6. The van der Waals surface area contributed by atoms with Gasteiger partial charge in [-0.05, 0) is 54.4 Å². The first-order chi connectivity index (χ1) is 13.7. The molecule has 6 heteroatoms. The van der Waals surface area contributed by atoms with E-state index in [-0.39, 0.29) is 5.91 Å². The fourth-order valence-electron chi connectivity index (χ4n) is 2.67. The summed E-state index contributed by atoms with van der Waals surface area (Å²) in [6, 6.07) is 20.2. The van der Waals surface area contributed by atoms with E-state index in [9.17, 15) is 4.79 Å². The number of nitrogens with one attached hydrogen (secondary N) is 2. The number of ether oxygens (including phenoxy) is 1. The van der Waals surface area contributed by atoms with Gasteiger partial charge in [0.05, 0.1) is 24.3 Å². The normalized spacial score (nSPS) is 10.0. The van der Waals surface area contributed by atoms with Gasteiger partial charge in [0.15, 0.2) is 0 Å². The Morgan fingerprint density at radius 3 is 2.75 bits per heavy atom. The Bertz CT molecular complexity index is 994. The Morgan fingerprint density at radius 1 is 1.14 bits per heavy atom.